The van der Waals surface area contributed by atoms with Crippen molar-refractivity contribution in [3.05, 3.63) is 95.2 Å². The van der Waals surface area contributed by atoms with Crippen LogP contribution in [0.4, 0.5) is 32.2 Å². The minimum Gasteiger partial charge on any atom is -0.350 e. The van der Waals surface area contributed by atoms with E-state index in [4.69, 9.17) is 0 Å². The molecule has 0 bridgehead atoms. The van der Waals surface area contributed by atoms with Crippen molar-refractivity contribution < 1.29 is 35.9 Å². The molecular formula is C29H28F6N4O2. The second-order valence-corrected chi connectivity index (χ2v) is 9.79. The van der Waals surface area contributed by atoms with E-state index >= 15 is 0 Å². The number of benzene rings is 2. The first kappa shape index (κ1) is 30.0. The molecule has 0 saturated carbocycles. The van der Waals surface area contributed by atoms with E-state index in [9.17, 15) is 35.9 Å². The molecule has 0 aliphatic carbocycles. The predicted molar refractivity (Wildman–Crippen MR) is 139 cm³/mol. The summed E-state index contributed by atoms with van der Waals surface area (Å²) in [5, 5.41) is 2.54. The highest BCUT2D eigenvalue weighted by molar-refractivity contribution is 5.91. The third-order valence-corrected chi connectivity index (χ3v) is 6.94. The molecular weight excluding hydrogens is 550 g/mol. The Morgan fingerprint density at radius 1 is 0.927 bits per heavy atom. The molecule has 1 aliphatic rings. The summed E-state index contributed by atoms with van der Waals surface area (Å²) in [7, 11) is 0. The SMILES string of the molecule is CC(=O)N(c1ccccn1)C1CCN(C(C(=O)NCc2cc(C(F)(F)F)cc(C(F)(F)F)c2)c2ccccc2)CC1. The van der Waals surface area contributed by atoms with Gasteiger partial charge in [-0.3, -0.25) is 19.4 Å². The van der Waals surface area contributed by atoms with Crippen LogP contribution in [0.3, 0.4) is 0 Å². The fraction of sp³-hybridized carbons (Fsp3) is 0.345. The fourth-order valence-electron chi connectivity index (χ4n) is 5.07. The van der Waals surface area contributed by atoms with Crippen molar-refractivity contribution in [2.45, 2.75) is 50.7 Å². The topological polar surface area (TPSA) is 65.5 Å². The molecule has 218 valence electrons. The number of hydrogen-bond donors (Lipinski definition) is 1. The Hall–Kier alpha value is -3.93. The molecule has 0 spiro atoms. The third-order valence-electron chi connectivity index (χ3n) is 6.94. The third kappa shape index (κ3) is 7.43. The number of piperidine rings is 1. The summed E-state index contributed by atoms with van der Waals surface area (Å²) < 4.78 is 79.7. The van der Waals surface area contributed by atoms with Crippen LogP contribution in [0.1, 0.15) is 48.1 Å². The minimum atomic E-state index is -4.99. The molecule has 1 unspecified atom stereocenters. The second kappa shape index (κ2) is 12.3. The average Bonchev–Trinajstić information content (AvgIpc) is 2.93. The largest absolute Gasteiger partial charge is 0.416 e. The van der Waals surface area contributed by atoms with Gasteiger partial charge in [-0.2, -0.15) is 26.3 Å². The summed E-state index contributed by atoms with van der Waals surface area (Å²) in [6.45, 7) is 1.76. The van der Waals surface area contributed by atoms with E-state index in [1.165, 1.54) is 6.92 Å². The van der Waals surface area contributed by atoms with E-state index in [-0.39, 0.29) is 23.6 Å². The normalized spacial score (nSPS) is 15.8. The first-order valence-corrected chi connectivity index (χ1v) is 12.9. The van der Waals surface area contributed by atoms with Crippen molar-refractivity contribution in [2.24, 2.45) is 0 Å². The number of likely N-dealkylation sites (tertiary alicyclic amines) is 1. The Labute approximate surface area is 233 Å². The highest BCUT2D eigenvalue weighted by Gasteiger charge is 2.38. The monoisotopic (exact) mass is 578 g/mol. The molecule has 2 aromatic carbocycles. The van der Waals surface area contributed by atoms with Crippen LogP contribution in [0.5, 0.6) is 0 Å². The van der Waals surface area contributed by atoms with Crippen molar-refractivity contribution in [1.29, 1.82) is 0 Å². The molecule has 41 heavy (non-hydrogen) atoms. The van der Waals surface area contributed by atoms with Crippen LogP contribution in [0.15, 0.2) is 72.9 Å². The smallest absolute Gasteiger partial charge is 0.350 e. The molecule has 4 rings (SSSR count). The van der Waals surface area contributed by atoms with Crippen molar-refractivity contribution in [2.75, 3.05) is 18.0 Å². The number of carbonyl (C=O) groups excluding carboxylic acids is 2. The van der Waals surface area contributed by atoms with Crippen LogP contribution in [-0.4, -0.2) is 40.8 Å². The van der Waals surface area contributed by atoms with E-state index in [1.807, 2.05) is 4.90 Å². The number of rotatable bonds is 7. The van der Waals surface area contributed by atoms with Gasteiger partial charge in [0, 0.05) is 38.8 Å². The van der Waals surface area contributed by atoms with E-state index < -0.39 is 42.0 Å². The molecule has 6 nitrogen and oxygen atoms in total. The van der Waals surface area contributed by atoms with Gasteiger partial charge in [-0.1, -0.05) is 36.4 Å². The molecule has 1 N–H and O–H groups in total. The summed E-state index contributed by atoms with van der Waals surface area (Å²) in [4.78, 5) is 33.7. The van der Waals surface area contributed by atoms with Crippen LogP contribution in [0.25, 0.3) is 0 Å². The molecule has 1 saturated heterocycles. The Morgan fingerprint density at radius 2 is 1.51 bits per heavy atom. The molecule has 2 amide bonds. The van der Waals surface area contributed by atoms with Gasteiger partial charge in [0.05, 0.1) is 11.1 Å². The molecule has 12 heteroatoms. The number of halogens is 6. The highest BCUT2D eigenvalue weighted by atomic mass is 19.4. The summed E-state index contributed by atoms with van der Waals surface area (Å²) in [6.07, 6.45) is -7.33. The Kier molecular flexibility index (Phi) is 9.01. The van der Waals surface area contributed by atoms with Gasteiger partial charge in [0.2, 0.25) is 11.8 Å². The van der Waals surface area contributed by atoms with Gasteiger partial charge in [-0.15, -0.1) is 0 Å². The number of alkyl halides is 6. The van der Waals surface area contributed by atoms with Gasteiger partial charge in [-0.05, 0) is 54.3 Å². The highest BCUT2D eigenvalue weighted by Crippen LogP contribution is 2.36. The van der Waals surface area contributed by atoms with Gasteiger partial charge in [-0.25, -0.2) is 4.98 Å². The van der Waals surface area contributed by atoms with Crippen LogP contribution < -0.4 is 10.2 Å². The predicted octanol–water partition coefficient (Wildman–Crippen LogP) is 5.99. The summed E-state index contributed by atoms with van der Waals surface area (Å²) >= 11 is 0. The molecule has 1 atom stereocenters. The van der Waals surface area contributed by atoms with E-state index in [0.717, 1.165) is 0 Å². The van der Waals surface area contributed by atoms with Crippen LogP contribution in [0.2, 0.25) is 0 Å². The van der Waals surface area contributed by atoms with Crippen molar-refractivity contribution >= 4 is 17.6 Å². The van der Waals surface area contributed by atoms with E-state index in [2.05, 4.69) is 10.3 Å². The Bertz CT molecular complexity index is 1310. The zero-order valence-electron chi connectivity index (χ0n) is 22.0. The zero-order valence-corrected chi connectivity index (χ0v) is 22.0. The van der Waals surface area contributed by atoms with Gasteiger partial charge in [0.25, 0.3) is 0 Å². The number of amides is 2. The summed E-state index contributed by atoms with van der Waals surface area (Å²) in [5.74, 6) is -0.206. The molecule has 1 aromatic heterocycles. The van der Waals surface area contributed by atoms with Crippen LogP contribution >= 0.6 is 0 Å². The number of nitrogens with one attached hydrogen (secondary N) is 1. The standard InChI is InChI=1S/C29H28F6N4O2/c1-19(40)39(25-9-5-6-12-36-25)24-10-13-38(14-11-24)26(21-7-3-2-4-8-21)27(41)37-18-20-15-22(28(30,31)32)17-23(16-20)29(33,34)35/h2-9,12,15-17,24,26H,10-11,13-14,18H2,1H3,(H,37,41). The number of nitrogens with zero attached hydrogens (tertiary/aromatic N) is 3. The lowest BCUT2D eigenvalue weighted by atomic mass is 9.97. The zero-order chi connectivity index (χ0) is 29.8. The minimum absolute atomic E-state index is 0.0531. The van der Waals surface area contributed by atoms with Gasteiger partial charge in [0.15, 0.2) is 0 Å². The average molecular weight is 579 g/mol. The number of carbonyl (C=O) groups is 2. The summed E-state index contributed by atoms with van der Waals surface area (Å²) in [5.41, 5.74) is -2.59. The molecule has 2 heterocycles. The Balaban J connectivity index is 1.52. The number of pyridine rings is 1. The van der Waals surface area contributed by atoms with Crippen molar-refractivity contribution in [1.82, 2.24) is 15.2 Å². The molecule has 1 aliphatic heterocycles. The van der Waals surface area contributed by atoms with Crippen molar-refractivity contribution in [3.63, 3.8) is 0 Å². The Morgan fingerprint density at radius 3 is 2.02 bits per heavy atom. The maximum Gasteiger partial charge on any atom is 0.416 e. The summed E-state index contributed by atoms with van der Waals surface area (Å²) in [6, 6.07) is 14.2. The van der Waals surface area contributed by atoms with Crippen LogP contribution in [0, 0.1) is 0 Å². The van der Waals surface area contributed by atoms with Gasteiger partial charge < -0.3 is 5.32 Å². The van der Waals surface area contributed by atoms with Gasteiger partial charge in [0.1, 0.15) is 11.9 Å². The lowest BCUT2D eigenvalue weighted by Gasteiger charge is -2.40. The lowest BCUT2D eigenvalue weighted by molar-refractivity contribution is -0.143. The van der Waals surface area contributed by atoms with Gasteiger partial charge >= 0.3 is 12.4 Å². The van der Waals surface area contributed by atoms with E-state index in [1.54, 1.807) is 59.6 Å². The second-order valence-electron chi connectivity index (χ2n) is 9.79. The first-order chi connectivity index (χ1) is 19.3. The lowest BCUT2D eigenvalue weighted by Crippen LogP contribution is -2.50. The van der Waals surface area contributed by atoms with E-state index in [0.29, 0.717) is 49.4 Å². The maximum atomic E-state index is 13.5. The van der Waals surface area contributed by atoms with Crippen LogP contribution in [-0.2, 0) is 28.5 Å². The quantitative estimate of drug-likeness (QED) is 0.350. The number of anilines is 1. The number of aromatic nitrogens is 1. The molecule has 1 fully saturated rings. The van der Waals surface area contributed by atoms with Crippen molar-refractivity contribution in [3.8, 4) is 0 Å². The maximum absolute atomic E-state index is 13.5. The molecule has 0 radical (unpaired) electrons. The number of hydrogen-bond acceptors (Lipinski definition) is 4. The first-order valence-electron chi connectivity index (χ1n) is 12.9. The molecule has 3 aromatic rings. The fourth-order valence-corrected chi connectivity index (χ4v) is 5.07.